The Hall–Kier alpha value is -1.64. The maximum absolute atomic E-state index is 12.2. The van der Waals surface area contributed by atoms with E-state index >= 15 is 0 Å². The van der Waals surface area contributed by atoms with Crippen LogP contribution in [0.25, 0.3) is 0 Å². The van der Waals surface area contributed by atoms with Crippen molar-refractivity contribution in [2.45, 2.75) is 38.1 Å². The minimum absolute atomic E-state index is 0.0584. The first-order valence-corrected chi connectivity index (χ1v) is 7.11. The zero-order chi connectivity index (χ0) is 13.2. The zero-order valence-electron chi connectivity index (χ0n) is 11.0. The Morgan fingerprint density at radius 3 is 2.74 bits per heavy atom. The monoisotopic (exact) mass is 257 g/mol. The molecule has 2 fully saturated rings. The molecule has 1 aliphatic carbocycles. The fraction of sp³-hybridized carbons (Fsp3) is 0.500. The van der Waals surface area contributed by atoms with Gasteiger partial charge >= 0.3 is 0 Å². The van der Waals surface area contributed by atoms with Crippen molar-refractivity contribution in [2.24, 2.45) is 11.8 Å². The van der Waals surface area contributed by atoms with Crippen molar-refractivity contribution in [1.82, 2.24) is 5.32 Å². The van der Waals surface area contributed by atoms with Crippen LogP contribution in [0.1, 0.15) is 31.2 Å². The molecule has 1 heterocycles. The van der Waals surface area contributed by atoms with E-state index in [1.54, 1.807) is 0 Å². The smallest absolute Gasteiger partial charge is 0.220 e. The molecular weight excluding hydrogens is 238 g/mol. The molecule has 1 aromatic rings. The molecular formula is C16H19NO2. The van der Waals surface area contributed by atoms with Crippen LogP contribution in [0.2, 0.25) is 0 Å². The van der Waals surface area contributed by atoms with Crippen LogP contribution in [0.5, 0.6) is 0 Å². The van der Waals surface area contributed by atoms with Crippen molar-refractivity contribution in [1.29, 1.82) is 0 Å². The van der Waals surface area contributed by atoms with Gasteiger partial charge in [-0.2, -0.15) is 0 Å². The van der Waals surface area contributed by atoms with E-state index in [9.17, 15) is 9.59 Å². The van der Waals surface area contributed by atoms with Crippen molar-refractivity contribution in [3.8, 4) is 0 Å². The molecule has 0 aromatic heterocycles. The summed E-state index contributed by atoms with van der Waals surface area (Å²) in [4.78, 5) is 23.8. The SMILES string of the molecule is O=C1CC2C[C@H]2C(=O)C(CCCc2ccccc2)N1. The molecule has 0 spiro atoms. The molecule has 3 rings (SSSR count). The Labute approximate surface area is 113 Å². The van der Waals surface area contributed by atoms with E-state index < -0.39 is 0 Å². The third-order valence-corrected chi connectivity index (χ3v) is 4.22. The molecule has 1 N–H and O–H groups in total. The molecule has 1 saturated heterocycles. The van der Waals surface area contributed by atoms with Gasteiger partial charge in [-0.15, -0.1) is 0 Å². The highest BCUT2D eigenvalue weighted by molar-refractivity contribution is 5.95. The zero-order valence-corrected chi connectivity index (χ0v) is 11.0. The summed E-state index contributed by atoms with van der Waals surface area (Å²) < 4.78 is 0. The molecule has 1 aliphatic heterocycles. The van der Waals surface area contributed by atoms with Gasteiger partial charge in [0.15, 0.2) is 5.78 Å². The molecule has 2 unspecified atom stereocenters. The van der Waals surface area contributed by atoms with Crippen LogP contribution in [0.4, 0.5) is 0 Å². The first kappa shape index (κ1) is 12.4. The van der Waals surface area contributed by atoms with E-state index in [0.717, 1.165) is 25.7 Å². The fourth-order valence-corrected chi connectivity index (χ4v) is 3.01. The van der Waals surface area contributed by atoms with Gasteiger partial charge in [-0.25, -0.2) is 0 Å². The summed E-state index contributed by atoms with van der Waals surface area (Å²) >= 11 is 0. The number of hydrogen-bond acceptors (Lipinski definition) is 2. The Kier molecular flexibility index (Phi) is 3.36. The summed E-state index contributed by atoms with van der Waals surface area (Å²) in [6.45, 7) is 0. The predicted molar refractivity (Wildman–Crippen MR) is 72.5 cm³/mol. The van der Waals surface area contributed by atoms with Gasteiger partial charge in [0.05, 0.1) is 6.04 Å². The van der Waals surface area contributed by atoms with E-state index in [1.165, 1.54) is 5.56 Å². The second kappa shape index (κ2) is 5.16. The molecule has 3 heteroatoms. The number of ketones is 1. The molecule has 1 amide bonds. The summed E-state index contributed by atoms with van der Waals surface area (Å²) in [5.41, 5.74) is 1.29. The first-order valence-electron chi connectivity index (χ1n) is 7.11. The van der Waals surface area contributed by atoms with Crippen LogP contribution >= 0.6 is 0 Å². The molecule has 3 atom stereocenters. The topological polar surface area (TPSA) is 46.2 Å². The number of rotatable bonds is 4. The van der Waals surface area contributed by atoms with Crippen LogP contribution in [0, 0.1) is 11.8 Å². The molecule has 1 saturated carbocycles. The Morgan fingerprint density at radius 2 is 1.95 bits per heavy atom. The Morgan fingerprint density at radius 1 is 1.16 bits per heavy atom. The van der Waals surface area contributed by atoms with Crippen molar-refractivity contribution in [3.63, 3.8) is 0 Å². The molecule has 0 radical (unpaired) electrons. The van der Waals surface area contributed by atoms with Gasteiger partial charge < -0.3 is 5.32 Å². The van der Waals surface area contributed by atoms with E-state index in [0.29, 0.717) is 12.3 Å². The number of aryl methyl sites for hydroxylation is 1. The number of Topliss-reactive ketones (excluding diaryl/α,β-unsaturated/α-hetero) is 1. The number of benzene rings is 1. The second-order valence-electron chi connectivity index (χ2n) is 5.71. The summed E-state index contributed by atoms with van der Waals surface area (Å²) in [5.74, 6) is 0.833. The molecule has 3 nitrogen and oxygen atoms in total. The number of carbonyl (C=O) groups excluding carboxylic acids is 2. The molecule has 1 aromatic carbocycles. The average molecular weight is 257 g/mol. The highest BCUT2D eigenvalue weighted by atomic mass is 16.2. The van der Waals surface area contributed by atoms with Crippen molar-refractivity contribution >= 4 is 11.7 Å². The molecule has 100 valence electrons. The van der Waals surface area contributed by atoms with Crippen LogP contribution < -0.4 is 5.32 Å². The largest absolute Gasteiger partial charge is 0.346 e. The third-order valence-electron chi connectivity index (χ3n) is 4.22. The molecule has 2 aliphatic rings. The van der Waals surface area contributed by atoms with E-state index in [1.807, 2.05) is 18.2 Å². The highest BCUT2D eigenvalue weighted by Crippen LogP contribution is 2.44. The maximum Gasteiger partial charge on any atom is 0.220 e. The minimum atomic E-state index is -0.242. The standard InChI is InChI=1S/C16H19NO2/c18-15-10-12-9-13(12)16(19)14(17-15)8-4-7-11-5-2-1-3-6-11/h1-3,5-6,12-14H,4,7-10H2,(H,17,18)/t12?,13-,14?/m1/s1. The van der Waals surface area contributed by atoms with Gasteiger partial charge in [-0.05, 0) is 37.2 Å². The van der Waals surface area contributed by atoms with Crippen molar-refractivity contribution < 1.29 is 9.59 Å². The summed E-state index contributed by atoms with van der Waals surface area (Å²) in [5, 5.41) is 2.89. The lowest BCUT2D eigenvalue weighted by molar-refractivity contribution is -0.127. The van der Waals surface area contributed by atoms with E-state index in [4.69, 9.17) is 0 Å². The van der Waals surface area contributed by atoms with Crippen molar-refractivity contribution in [3.05, 3.63) is 35.9 Å². The maximum atomic E-state index is 12.2. The van der Waals surface area contributed by atoms with Gasteiger partial charge in [0, 0.05) is 12.3 Å². The lowest BCUT2D eigenvalue weighted by Gasteiger charge is -2.15. The van der Waals surface area contributed by atoms with Gasteiger partial charge in [0.25, 0.3) is 0 Å². The van der Waals surface area contributed by atoms with Crippen LogP contribution in [0.3, 0.4) is 0 Å². The average Bonchev–Trinajstić information content (AvgIpc) is 3.17. The van der Waals surface area contributed by atoms with Gasteiger partial charge in [0.2, 0.25) is 5.91 Å². The number of hydrogen-bond donors (Lipinski definition) is 1. The van der Waals surface area contributed by atoms with Crippen LogP contribution in [-0.2, 0) is 16.0 Å². The lowest BCUT2D eigenvalue weighted by atomic mass is 10.00. The first-order chi connectivity index (χ1) is 9.24. The third kappa shape index (κ3) is 2.86. The molecule has 19 heavy (non-hydrogen) atoms. The van der Waals surface area contributed by atoms with Gasteiger partial charge in [-0.3, -0.25) is 9.59 Å². The summed E-state index contributed by atoms with van der Waals surface area (Å²) in [6, 6.07) is 10.0. The van der Waals surface area contributed by atoms with Crippen molar-refractivity contribution in [2.75, 3.05) is 0 Å². The fourth-order valence-electron chi connectivity index (χ4n) is 3.01. The van der Waals surface area contributed by atoms with E-state index in [-0.39, 0.29) is 23.7 Å². The predicted octanol–water partition coefficient (Wildman–Crippen LogP) is 2.10. The minimum Gasteiger partial charge on any atom is -0.346 e. The summed E-state index contributed by atoms with van der Waals surface area (Å²) in [7, 11) is 0. The van der Waals surface area contributed by atoms with E-state index in [2.05, 4.69) is 17.4 Å². The summed E-state index contributed by atoms with van der Waals surface area (Å²) in [6.07, 6.45) is 4.16. The highest BCUT2D eigenvalue weighted by Gasteiger charge is 2.48. The van der Waals surface area contributed by atoms with Crippen LogP contribution in [0.15, 0.2) is 30.3 Å². The quantitative estimate of drug-likeness (QED) is 0.898. The van der Waals surface area contributed by atoms with Crippen LogP contribution in [-0.4, -0.2) is 17.7 Å². The molecule has 0 bridgehead atoms. The number of fused-ring (bicyclic) bond motifs is 1. The van der Waals surface area contributed by atoms with Gasteiger partial charge in [-0.1, -0.05) is 30.3 Å². The normalized spacial score (nSPS) is 29.4. The lowest BCUT2D eigenvalue weighted by Crippen LogP contribution is -2.39. The Bertz CT molecular complexity index is 483. The number of carbonyl (C=O) groups is 2. The Balaban J connectivity index is 1.54. The second-order valence-corrected chi connectivity index (χ2v) is 5.71. The van der Waals surface area contributed by atoms with Gasteiger partial charge in [0.1, 0.15) is 0 Å². The number of nitrogens with one attached hydrogen (secondary N) is 1. The number of amides is 1.